The van der Waals surface area contributed by atoms with Gasteiger partial charge in [0.05, 0.1) is 30.7 Å². The van der Waals surface area contributed by atoms with Crippen LogP contribution < -0.4 is 15.1 Å². The third-order valence-corrected chi connectivity index (χ3v) is 6.46. The van der Waals surface area contributed by atoms with Gasteiger partial charge in [-0.25, -0.2) is 9.67 Å². The number of rotatable bonds is 6. The van der Waals surface area contributed by atoms with Crippen LogP contribution in [-0.2, 0) is 6.54 Å². The summed E-state index contributed by atoms with van der Waals surface area (Å²) >= 11 is 5.96. The second-order valence-electron chi connectivity index (χ2n) is 9.31. The lowest BCUT2D eigenvalue weighted by molar-refractivity contribution is 0.0991. The van der Waals surface area contributed by atoms with Crippen molar-refractivity contribution in [3.63, 3.8) is 0 Å². The second kappa shape index (κ2) is 9.54. The van der Waals surface area contributed by atoms with Gasteiger partial charge in [0.2, 0.25) is 0 Å². The first-order valence-corrected chi connectivity index (χ1v) is 11.5. The number of amides is 1. The molecule has 0 aliphatic carbocycles. The number of carbonyl (C=O) groups is 1. The molecule has 5 rings (SSSR count). The summed E-state index contributed by atoms with van der Waals surface area (Å²) in [7, 11) is 0. The van der Waals surface area contributed by atoms with Crippen LogP contribution in [0.3, 0.4) is 0 Å². The number of pyridine rings is 1. The van der Waals surface area contributed by atoms with Crippen molar-refractivity contribution >= 4 is 41.4 Å². The minimum atomic E-state index is -0.299. The number of halogens is 2. The highest BCUT2D eigenvalue weighted by molar-refractivity contribution is 6.30. The molecular weight excluding hydrogens is 475 g/mol. The van der Waals surface area contributed by atoms with Crippen molar-refractivity contribution in [1.29, 1.82) is 0 Å². The van der Waals surface area contributed by atoms with E-state index >= 15 is 0 Å². The van der Waals surface area contributed by atoms with Crippen molar-refractivity contribution in [2.24, 2.45) is 0 Å². The number of aliphatic hydroxyl groups excluding tert-OH is 1. The molecule has 8 nitrogen and oxygen atoms in total. The van der Waals surface area contributed by atoms with Gasteiger partial charge in [0.1, 0.15) is 5.82 Å². The Kier molecular flexibility index (Phi) is 6.87. The molecular formula is C24H28Cl2N6O2. The molecule has 180 valence electrons. The molecule has 2 aromatic heterocycles. The van der Waals surface area contributed by atoms with Gasteiger partial charge >= 0.3 is 0 Å². The van der Waals surface area contributed by atoms with E-state index in [0.717, 1.165) is 42.3 Å². The standard InChI is InChI=1S/C24H27ClN6O2.ClH/c1-24(2,15-32)27-18-9-10-29(14-18)21-8-7-20(11-26-21)30-12-16-13-31(28-22(16)23(30)33)19-5-3-17(25)4-6-19;/h3-8,11,13,18,27,32H,9-10,12,14-15H2,1-2H3;1H. The molecule has 34 heavy (non-hydrogen) atoms. The monoisotopic (exact) mass is 502 g/mol. The second-order valence-corrected chi connectivity index (χ2v) is 9.74. The Hall–Kier alpha value is -2.65. The summed E-state index contributed by atoms with van der Waals surface area (Å²) in [4.78, 5) is 21.6. The van der Waals surface area contributed by atoms with Crippen molar-refractivity contribution in [2.75, 3.05) is 29.5 Å². The topological polar surface area (TPSA) is 86.5 Å². The van der Waals surface area contributed by atoms with Crippen molar-refractivity contribution < 1.29 is 9.90 Å². The van der Waals surface area contributed by atoms with E-state index in [1.165, 1.54) is 0 Å². The highest BCUT2D eigenvalue weighted by atomic mass is 35.5. The number of aromatic nitrogens is 3. The van der Waals surface area contributed by atoms with E-state index in [4.69, 9.17) is 11.6 Å². The molecule has 10 heteroatoms. The zero-order valence-electron chi connectivity index (χ0n) is 19.1. The predicted molar refractivity (Wildman–Crippen MR) is 135 cm³/mol. The van der Waals surface area contributed by atoms with Crippen LogP contribution in [0.15, 0.2) is 48.8 Å². The smallest absolute Gasteiger partial charge is 0.279 e. The average Bonchev–Trinajstić information content (AvgIpc) is 3.51. The number of benzene rings is 1. The molecule has 1 fully saturated rings. The van der Waals surface area contributed by atoms with Gasteiger partial charge in [-0.15, -0.1) is 12.4 Å². The van der Waals surface area contributed by atoms with Crippen LogP contribution in [-0.4, -0.2) is 57.1 Å². The normalized spacial score (nSPS) is 17.8. The Labute approximate surface area is 209 Å². The molecule has 2 aliphatic rings. The molecule has 0 saturated carbocycles. The van der Waals surface area contributed by atoms with Crippen LogP contribution in [0.2, 0.25) is 5.02 Å². The third-order valence-electron chi connectivity index (χ3n) is 6.20. The van der Waals surface area contributed by atoms with E-state index in [1.54, 1.807) is 27.9 Å². The van der Waals surface area contributed by atoms with Gasteiger partial charge in [0.15, 0.2) is 5.69 Å². The van der Waals surface area contributed by atoms with Gasteiger partial charge in [-0.05, 0) is 56.7 Å². The Morgan fingerprint density at radius 2 is 1.91 bits per heavy atom. The van der Waals surface area contributed by atoms with Crippen LogP contribution in [0.1, 0.15) is 36.3 Å². The lowest BCUT2D eigenvalue weighted by Gasteiger charge is -2.28. The number of fused-ring (bicyclic) bond motifs is 1. The Balaban J connectivity index is 0.00000274. The predicted octanol–water partition coefficient (Wildman–Crippen LogP) is 3.44. The number of nitrogens with zero attached hydrogens (tertiary/aromatic N) is 5. The molecule has 0 bridgehead atoms. The molecule has 1 saturated heterocycles. The molecule has 4 heterocycles. The fourth-order valence-electron chi connectivity index (χ4n) is 4.42. The Morgan fingerprint density at radius 1 is 1.18 bits per heavy atom. The van der Waals surface area contributed by atoms with Crippen LogP contribution in [0.5, 0.6) is 0 Å². The van der Waals surface area contributed by atoms with Crippen molar-refractivity contribution in [2.45, 2.75) is 38.4 Å². The maximum absolute atomic E-state index is 13.0. The van der Waals surface area contributed by atoms with Gasteiger partial charge in [-0.2, -0.15) is 5.10 Å². The molecule has 0 spiro atoms. The quantitative estimate of drug-likeness (QED) is 0.536. The van der Waals surface area contributed by atoms with E-state index in [9.17, 15) is 9.90 Å². The van der Waals surface area contributed by atoms with Crippen LogP contribution in [0.4, 0.5) is 11.5 Å². The minimum absolute atomic E-state index is 0. The molecule has 1 aromatic carbocycles. The summed E-state index contributed by atoms with van der Waals surface area (Å²) < 4.78 is 1.72. The zero-order valence-corrected chi connectivity index (χ0v) is 20.7. The first-order chi connectivity index (χ1) is 15.8. The van der Waals surface area contributed by atoms with Gasteiger partial charge in [-0.1, -0.05) is 11.6 Å². The lowest BCUT2D eigenvalue weighted by Crippen LogP contribution is -2.49. The highest BCUT2D eigenvalue weighted by Gasteiger charge is 2.33. The van der Waals surface area contributed by atoms with E-state index in [1.807, 2.05) is 44.3 Å². The Bertz CT molecular complexity index is 1160. The van der Waals surface area contributed by atoms with E-state index in [0.29, 0.717) is 23.3 Å². The summed E-state index contributed by atoms with van der Waals surface area (Å²) in [6.45, 7) is 6.30. The number of hydrogen-bond acceptors (Lipinski definition) is 6. The van der Waals surface area contributed by atoms with Crippen molar-refractivity contribution in [3.05, 3.63) is 65.1 Å². The van der Waals surface area contributed by atoms with Gasteiger partial charge < -0.3 is 20.2 Å². The van der Waals surface area contributed by atoms with E-state index < -0.39 is 0 Å². The maximum atomic E-state index is 13.0. The van der Waals surface area contributed by atoms with E-state index in [2.05, 4.69) is 20.3 Å². The fourth-order valence-corrected chi connectivity index (χ4v) is 4.55. The third kappa shape index (κ3) is 4.77. The van der Waals surface area contributed by atoms with Crippen molar-refractivity contribution in [1.82, 2.24) is 20.1 Å². The lowest BCUT2D eigenvalue weighted by atomic mass is 10.1. The maximum Gasteiger partial charge on any atom is 0.279 e. The number of carbonyl (C=O) groups excluding carboxylic acids is 1. The summed E-state index contributed by atoms with van der Waals surface area (Å²) in [5.74, 6) is 0.770. The van der Waals surface area contributed by atoms with Crippen LogP contribution in [0, 0.1) is 0 Å². The summed E-state index contributed by atoms with van der Waals surface area (Å²) in [6.07, 6.45) is 4.64. The first kappa shape index (κ1) is 24.5. The summed E-state index contributed by atoms with van der Waals surface area (Å²) in [5.41, 5.74) is 2.68. The molecule has 1 atom stereocenters. The SMILES string of the molecule is CC(C)(CO)NC1CCN(c2ccc(N3Cc4cn(-c5ccc(Cl)cc5)nc4C3=O)cn2)C1.Cl. The van der Waals surface area contributed by atoms with Crippen molar-refractivity contribution in [3.8, 4) is 5.69 Å². The number of hydrogen-bond donors (Lipinski definition) is 2. The van der Waals surface area contributed by atoms with Gasteiger partial charge in [0.25, 0.3) is 5.91 Å². The minimum Gasteiger partial charge on any atom is -0.394 e. The van der Waals surface area contributed by atoms with Crippen LogP contribution in [0.25, 0.3) is 5.69 Å². The largest absolute Gasteiger partial charge is 0.394 e. The Morgan fingerprint density at radius 3 is 2.56 bits per heavy atom. The van der Waals surface area contributed by atoms with Gasteiger partial charge in [0, 0.05) is 41.5 Å². The molecule has 0 radical (unpaired) electrons. The molecule has 2 N–H and O–H groups in total. The molecule has 1 unspecified atom stereocenters. The fraction of sp³-hybridized carbons (Fsp3) is 0.375. The average molecular weight is 503 g/mol. The molecule has 1 amide bonds. The van der Waals surface area contributed by atoms with Gasteiger partial charge in [-0.3, -0.25) is 4.79 Å². The molecule has 3 aromatic rings. The summed E-state index contributed by atoms with van der Waals surface area (Å²) in [6, 6.07) is 11.6. The highest BCUT2D eigenvalue weighted by Crippen LogP contribution is 2.29. The number of aliphatic hydroxyl groups is 1. The summed E-state index contributed by atoms with van der Waals surface area (Å²) in [5, 5.41) is 18.2. The molecule has 2 aliphatic heterocycles. The van der Waals surface area contributed by atoms with E-state index in [-0.39, 0.29) is 30.5 Å². The number of anilines is 2. The first-order valence-electron chi connectivity index (χ1n) is 11.1. The number of nitrogens with one attached hydrogen (secondary N) is 1. The zero-order chi connectivity index (χ0) is 23.2. The van der Waals surface area contributed by atoms with Crippen LogP contribution >= 0.6 is 24.0 Å².